The second kappa shape index (κ2) is 5.91. The molecule has 0 unspecified atom stereocenters. The molecule has 1 fully saturated rings. The van der Waals surface area contributed by atoms with Gasteiger partial charge < -0.3 is 14.4 Å². The first-order valence-electron chi connectivity index (χ1n) is 7.92. The summed E-state index contributed by atoms with van der Waals surface area (Å²) in [5.41, 5.74) is 1.47. The smallest absolute Gasteiger partial charge is 0.258 e. The molecule has 1 amide bonds. The quantitative estimate of drug-likeness (QED) is 0.871. The van der Waals surface area contributed by atoms with Crippen molar-refractivity contribution in [1.82, 2.24) is 9.88 Å². The van der Waals surface area contributed by atoms with Crippen LogP contribution in [0.5, 0.6) is 11.5 Å². The number of benzene rings is 1. The molecule has 2 heterocycles. The number of aromatic nitrogens is 1. The molecule has 1 aliphatic carbocycles. The number of ether oxygens (including phenoxy) is 2. The largest absolute Gasteiger partial charge is 0.486 e. The van der Waals surface area contributed by atoms with E-state index in [2.05, 4.69) is 4.98 Å². The number of hydrogen-bond donors (Lipinski definition) is 0. The van der Waals surface area contributed by atoms with Gasteiger partial charge in [-0.1, -0.05) is 12.1 Å². The van der Waals surface area contributed by atoms with Gasteiger partial charge in [0.05, 0.1) is 17.8 Å². The Morgan fingerprint density at radius 2 is 2.00 bits per heavy atom. The van der Waals surface area contributed by atoms with Crippen LogP contribution in [-0.4, -0.2) is 35.0 Å². The van der Waals surface area contributed by atoms with Crippen LogP contribution >= 0.6 is 0 Å². The molecule has 1 aromatic heterocycles. The van der Waals surface area contributed by atoms with Gasteiger partial charge in [-0.2, -0.15) is 0 Å². The lowest BCUT2D eigenvalue weighted by Gasteiger charge is -2.25. The first kappa shape index (κ1) is 14.1. The molecule has 0 saturated heterocycles. The van der Waals surface area contributed by atoms with Gasteiger partial charge in [-0.25, -0.2) is 0 Å². The number of carbonyl (C=O) groups excluding carboxylic acids is 1. The van der Waals surface area contributed by atoms with E-state index in [-0.39, 0.29) is 5.91 Å². The van der Waals surface area contributed by atoms with E-state index < -0.39 is 0 Å². The van der Waals surface area contributed by atoms with Gasteiger partial charge in [0.25, 0.3) is 5.91 Å². The van der Waals surface area contributed by atoms with Gasteiger partial charge in [-0.15, -0.1) is 0 Å². The summed E-state index contributed by atoms with van der Waals surface area (Å²) in [5.74, 6) is 1.20. The molecule has 0 bridgehead atoms. The van der Waals surface area contributed by atoms with Crippen molar-refractivity contribution in [3.8, 4) is 11.5 Å². The number of pyridine rings is 1. The minimum atomic E-state index is -0.0134. The normalized spacial score (nSPS) is 16.0. The summed E-state index contributed by atoms with van der Waals surface area (Å²) in [6, 6.07) is 11.6. The van der Waals surface area contributed by atoms with E-state index in [9.17, 15) is 4.79 Å². The Labute approximate surface area is 134 Å². The highest BCUT2D eigenvalue weighted by Gasteiger charge is 2.35. The predicted molar refractivity (Wildman–Crippen MR) is 84.6 cm³/mol. The van der Waals surface area contributed by atoms with Crippen LogP contribution in [0.2, 0.25) is 0 Å². The summed E-state index contributed by atoms with van der Waals surface area (Å²) < 4.78 is 11.3. The molecule has 0 N–H and O–H groups in total. The van der Waals surface area contributed by atoms with E-state index in [4.69, 9.17) is 9.47 Å². The molecule has 118 valence electrons. The number of amides is 1. The van der Waals surface area contributed by atoms with Gasteiger partial charge in [0.2, 0.25) is 0 Å². The number of carbonyl (C=O) groups is 1. The second-order valence-corrected chi connectivity index (χ2v) is 5.82. The second-order valence-electron chi connectivity index (χ2n) is 5.82. The highest BCUT2D eigenvalue weighted by atomic mass is 16.6. The summed E-state index contributed by atoms with van der Waals surface area (Å²) in [5, 5.41) is 0. The van der Waals surface area contributed by atoms with Crippen molar-refractivity contribution in [1.29, 1.82) is 0 Å². The van der Waals surface area contributed by atoms with Gasteiger partial charge in [-0.3, -0.25) is 9.78 Å². The zero-order valence-corrected chi connectivity index (χ0v) is 12.8. The Morgan fingerprint density at radius 1 is 1.13 bits per heavy atom. The molecular formula is C18H18N2O3. The summed E-state index contributed by atoms with van der Waals surface area (Å²) in [6.07, 6.45) is 3.85. The van der Waals surface area contributed by atoms with Crippen LogP contribution in [0.1, 0.15) is 28.9 Å². The molecule has 1 aromatic carbocycles. The van der Waals surface area contributed by atoms with Crippen LogP contribution in [-0.2, 0) is 6.54 Å². The Hall–Kier alpha value is -2.56. The summed E-state index contributed by atoms with van der Waals surface area (Å²) in [7, 11) is 0. The van der Waals surface area contributed by atoms with Crippen LogP contribution < -0.4 is 9.47 Å². The fraction of sp³-hybridized carbons (Fsp3) is 0.333. The predicted octanol–water partition coefficient (Wildman–Crippen LogP) is 2.66. The van der Waals surface area contributed by atoms with E-state index in [0.717, 1.165) is 18.5 Å². The van der Waals surface area contributed by atoms with Gasteiger partial charge in [0, 0.05) is 12.2 Å². The average Bonchev–Trinajstić information content (AvgIpc) is 3.44. The molecule has 2 aromatic rings. The highest BCUT2D eigenvalue weighted by Crippen LogP contribution is 2.37. The van der Waals surface area contributed by atoms with E-state index in [1.165, 1.54) is 0 Å². The summed E-state index contributed by atoms with van der Waals surface area (Å²) in [4.78, 5) is 19.3. The topological polar surface area (TPSA) is 51.7 Å². The van der Waals surface area contributed by atoms with Gasteiger partial charge in [0.1, 0.15) is 13.2 Å². The maximum absolute atomic E-state index is 13.1. The molecular weight excluding hydrogens is 292 g/mol. The number of rotatable bonds is 4. The number of nitrogens with zero attached hydrogens (tertiary/aromatic N) is 2. The standard InChI is InChI=1S/C18H18N2O3/c21-18(15-5-3-6-16-17(15)23-11-10-22-16)20(14-7-8-14)12-13-4-1-2-9-19-13/h1-6,9,14H,7-8,10-12H2. The van der Waals surface area contributed by atoms with Crippen molar-refractivity contribution in [2.24, 2.45) is 0 Å². The number of para-hydroxylation sites is 1. The van der Waals surface area contributed by atoms with Crippen LogP contribution in [0.4, 0.5) is 0 Å². The van der Waals surface area contributed by atoms with Crippen LogP contribution in [0.3, 0.4) is 0 Å². The summed E-state index contributed by atoms with van der Waals surface area (Å²) >= 11 is 0. The van der Waals surface area contributed by atoms with E-state index in [1.54, 1.807) is 6.20 Å². The molecule has 2 aliphatic rings. The van der Waals surface area contributed by atoms with Gasteiger partial charge >= 0.3 is 0 Å². The molecule has 0 spiro atoms. The molecule has 1 saturated carbocycles. The van der Waals surface area contributed by atoms with Crippen LogP contribution in [0.25, 0.3) is 0 Å². The Balaban J connectivity index is 1.63. The third kappa shape index (κ3) is 2.86. The zero-order chi connectivity index (χ0) is 15.6. The monoisotopic (exact) mass is 310 g/mol. The van der Waals surface area contributed by atoms with Crippen molar-refractivity contribution in [3.05, 3.63) is 53.9 Å². The van der Waals surface area contributed by atoms with Gasteiger partial charge in [0.15, 0.2) is 11.5 Å². The number of hydrogen-bond acceptors (Lipinski definition) is 4. The lowest BCUT2D eigenvalue weighted by molar-refractivity contribution is 0.0717. The van der Waals surface area contributed by atoms with Crippen molar-refractivity contribution in [2.75, 3.05) is 13.2 Å². The Morgan fingerprint density at radius 3 is 2.78 bits per heavy atom. The zero-order valence-electron chi connectivity index (χ0n) is 12.8. The maximum atomic E-state index is 13.1. The van der Waals surface area contributed by atoms with Crippen molar-refractivity contribution < 1.29 is 14.3 Å². The van der Waals surface area contributed by atoms with Crippen LogP contribution in [0, 0.1) is 0 Å². The fourth-order valence-corrected chi connectivity index (χ4v) is 2.82. The molecule has 0 atom stereocenters. The molecule has 23 heavy (non-hydrogen) atoms. The van der Waals surface area contributed by atoms with E-state index in [1.807, 2.05) is 41.3 Å². The minimum absolute atomic E-state index is 0.0134. The Bertz CT molecular complexity index is 713. The van der Waals surface area contributed by atoms with Gasteiger partial charge in [-0.05, 0) is 37.1 Å². The third-order valence-electron chi connectivity index (χ3n) is 4.10. The van der Waals surface area contributed by atoms with Crippen molar-refractivity contribution in [3.63, 3.8) is 0 Å². The molecule has 0 radical (unpaired) electrons. The van der Waals surface area contributed by atoms with Crippen LogP contribution in [0.15, 0.2) is 42.6 Å². The molecule has 5 nitrogen and oxygen atoms in total. The Kier molecular flexibility index (Phi) is 3.61. The highest BCUT2D eigenvalue weighted by molar-refractivity contribution is 5.98. The molecule has 1 aliphatic heterocycles. The summed E-state index contributed by atoms with van der Waals surface area (Å²) in [6.45, 7) is 1.51. The minimum Gasteiger partial charge on any atom is -0.486 e. The third-order valence-corrected chi connectivity index (χ3v) is 4.10. The maximum Gasteiger partial charge on any atom is 0.258 e. The number of fused-ring (bicyclic) bond motifs is 1. The van der Waals surface area contributed by atoms with E-state index in [0.29, 0.717) is 42.9 Å². The first-order chi connectivity index (χ1) is 11.3. The SMILES string of the molecule is O=C(c1cccc2c1OCCO2)N(Cc1ccccn1)C1CC1. The van der Waals surface area contributed by atoms with E-state index >= 15 is 0 Å². The van der Waals surface area contributed by atoms with Crippen molar-refractivity contribution in [2.45, 2.75) is 25.4 Å². The molecule has 4 rings (SSSR count). The fourth-order valence-electron chi connectivity index (χ4n) is 2.82. The lowest BCUT2D eigenvalue weighted by atomic mass is 10.1. The first-order valence-corrected chi connectivity index (χ1v) is 7.92. The molecule has 5 heteroatoms. The van der Waals surface area contributed by atoms with Crippen molar-refractivity contribution >= 4 is 5.91 Å². The lowest BCUT2D eigenvalue weighted by Crippen LogP contribution is -2.33. The average molecular weight is 310 g/mol.